The Kier molecular flexibility index (Phi) is 5.75. The Labute approximate surface area is 149 Å². The molecule has 0 amide bonds. The summed E-state index contributed by atoms with van der Waals surface area (Å²) >= 11 is 1.54. The number of methoxy groups -OCH3 is 1. The predicted octanol–water partition coefficient (Wildman–Crippen LogP) is 4.13. The number of ether oxygens (including phenoxy) is 2. The first kappa shape index (κ1) is 17.5. The zero-order chi connectivity index (χ0) is 17.6. The van der Waals surface area contributed by atoms with Crippen LogP contribution in [0.2, 0.25) is 0 Å². The molecule has 0 aliphatic heterocycles. The third-order valence-electron chi connectivity index (χ3n) is 3.85. The van der Waals surface area contributed by atoms with Crippen molar-refractivity contribution in [3.8, 4) is 5.75 Å². The van der Waals surface area contributed by atoms with Gasteiger partial charge in [0.1, 0.15) is 11.6 Å². The summed E-state index contributed by atoms with van der Waals surface area (Å²) in [5.74, 6) is -0.389. The molecule has 130 valence electrons. The van der Waals surface area contributed by atoms with Crippen molar-refractivity contribution in [2.75, 3.05) is 13.9 Å². The van der Waals surface area contributed by atoms with Gasteiger partial charge >= 0.3 is 0 Å². The van der Waals surface area contributed by atoms with Gasteiger partial charge in [0.05, 0.1) is 6.10 Å². The number of halogens is 1. The smallest absolute Gasteiger partial charge is 0.188 e. The number of pyridine rings is 1. The number of aliphatic hydroxyl groups excluding tert-OH is 1. The highest BCUT2D eigenvalue weighted by Gasteiger charge is 2.28. The van der Waals surface area contributed by atoms with Crippen LogP contribution in [0, 0.1) is 5.82 Å². The molecule has 2 heterocycles. The monoisotopic (exact) mass is 359 g/mol. The van der Waals surface area contributed by atoms with Crippen molar-refractivity contribution in [1.82, 2.24) is 4.98 Å². The molecule has 25 heavy (non-hydrogen) atoms. The number of rotatable bonds is 7. The molecule has 4 nitrogen and oxygen atoms in total. The molecule has 2 atom stereocenters. The molecular formula is C19H18FNO3S. The largest absolute Gasteiger partial charge is 0.467 e. The molecule has 2 unspecified atom stereocenters. The van der Waals surface area contributed by atoms with E-state index in [0.29, 0.717) is 11.3 Å². The van der Waals surface area contributed by atoms with E-state index in [1.165, 1.54) is 36.6 Å². The second-order valence-corrected chi connectivity index (χ2v) is 6.43. The van der Waals surface area contributed by atoms with E-state index in [2.05, 4.69) is 4.98 Å². The van der Waals surface area contributed by atoms with E-state index in [1.54, 1.807) is 12.4 Å². The van der Waals surface area contributed by atoms with Crippen LogP contribution in [-0.4, -0.2) is 24.0 Å². The number of aromatic nitrogens is 1. The SMILES string of the molecule is COCOc1ccc(F)cc1C(O)C(c1ccncc1)c1cccs1. The molecule has 1 N–H and O–H groups in total. The fourth-order valence-electron chi connectivity index (χ4n) is 2.73. The fourth-order valence-corrected chi connectivity index (χ4v) is 3.61. The summed E-state index contributed by atoms with van der Waals surface area (Å²) < 4.78 is 24.3. The molecule has 0 bridgehead atoms. The van der Waals surface area contributed by atoms with Crippen LogP contribution in [-0.2, 0) is 4.74 Å². The molecule has 0 spiro atoms. The van der Waals surface area contributed by atoms with Crippen molar-refractivity contribution in [2.45, 2.75) is 12.0 Å². The van der Waals surface area contributed by atoms with Gasteiger partial charge in [0, 0.05) is 35.9 Å². The first-order valence-electron chi connectivity index (χ1n) is 7.73. The van der Waals surface area contributed by atoms with E-state index in [4.69, 9.17) is 9.47 Å². The van der Waals surface area contributed by atoms with Crippen LogP contribution in [0.4, 0.5) is 4.39 Å². The first-order valence-corrected chi connectivity index (χ1v) is 8.61. The molecular weight excluding hydrogens is 341 g/mol. The zero-order valence-electron chi connectivity index (χ0n) is 13.6. The normalized spacial score (nSPS) is 13.4. The van der Waals surface area contributed by atoms with Crippen molar-refractivity contribution >= 4 is 11.3 Å². The molecule has 3 aromatic rings. The predicted molar refractivity (Wildman–Crippen MR) is 94.3 cm³/mol. The minimum atomic E-state index is -0.983. The molecule has 0 radical (unpaired) electrons. The summed E-state index contributed by atoms with van der Waals surface area (Å²) in [4.78, 5) is 5.01. The van der Waals surface area contributed by atoms with Crippen molar-refractivity contribution in [3.63, 3.8) is 0 Å². The number of benzene rings is 1. The number of thiophene rings is 1. The van der Waals surface area contributed by atoms with Gasteiger partial charge in [-0.25, -0.2) is 4.39 Å². The van der Waals surface area contributed by atoms with Crippen molar-refractivity contribution < 1.29 is 19.0 Å². The van der Waals surface area contributed by atoms with Crippen LogP contribution < -0.4 is 4.74 Å². The minimum Gasteiger partial charge on any atom is -0.467 e. The topological polar surface area (TPSA) is 51.6 Å². The molecule has 1 aromatic carbocycles. The summed E-state index contributed by atoms with van der Waals surface area (Å²) in [6, 6.07) is 11.7. The molecule has 0 fully saturated rings. The van der Waals surface area contributed by atoms with Gasteiger partial charge in [-0.1, -0.05) is 6.07 Å². The lowest BCUT2D eigenvalue weighted by molar-refractivity contribution is 0.0473. The van der Waals surface area contributed by atoms with Gasteiger partial charge in [-0.2, -0.15) is 0 Å². The van der Waals surface area contributed by atoms with Gasteiger partial charge in [0.15, 0.2) is 6.79 Å². The molecule has 2 aromatic heterocycles. The Morgan fingerprint density at radius 3 is 2.68 bits per heavy atom. The Balaban J connectivity index is 2.04. The number of hydrogen-bond acceptors (Lipinski definition) is 5. The lowest BCUT2D eigenvalue weighted by Gasteiger charge is -2.24. The van der Waals surface area contributed by atoms with Crippen LogP contribution in [0.25, 0.3) is 0 Å². The van der Waals surface area contributed by atoms with Gasteiger partial charge in [0.2, 0.25) is 0 Å². The van der Waals surface area contributed by atoms with E-state index in [0.717, 1.165) is 10.4 Å². The Morgan fingerprint density at radius 2 is 2.00 bits per heavy atom. The molecule has 0 aliphatic carbocycles. The highest BCUT2D eigenvalue weighted by molar-refractivity contribution is 7.10. The molecule has 0 saturated carbocycles. The van der Waals surface area contributed by atoms with Gasteiger partial charge < -0.3 is 14.6 Å². The number of aliphatic hydroxyl groups is 1. The van der Waals surface area contributed by atoms with E-state index in [1.807, 2.05) is 29.6 Å². The third-order valence-corrected chi connectivity index (χ3v) is 4.81. The molecule has 3 rings (SSSR count). The quantitative estimate of drug-likeness (QED) is 0.645. The number of nitrogens with zero attached hydrogens (tertiary/aromatic N) is 1. The Morgan fingerprint density at radius 1 is 1.20 bits per heavy atom. The lowest BCUT2D eigenvalue weighted by Crippen LogP contribution is -2.14. The second kappa shape index (κ2) is 8.20. The fraction of sp³-hybridized carbons (Fsp3) is 0.211. The third kappa shape index (κ3) is 4.04. The summed E-state index contributed by atoms with van der Waals surface area (Å²) in [7, 11) is 1.51. The van der Waals surface area contributed by atoms with Crippen LogP contribution in [0.5, 0.6) is 5.75 Å². The Hall–Kier alpha value is -2.28. The second-order valence-electron chi connectivity index (χ2n) is 5.45. The van der Waals surface area contributed by atoms with Gasteiger partial charge in [-0.3, -0.25) is 4.98 Å². The maximum Gasteiger partial charge on any atom is 0.188 e. The van der Waals surface area contributed by atoms with Crippen molar-refractivity contribution in [3.05, 3.63) is 82.1 Å². The first-order chi connectivity index (χ1) is 12.2. The molecule has 0 aliphatic rings. The van der Waals surface area contributed by atoms with Gasteiger partial charge in [-0.15, -0.1) is 11.3 Å². The molecule has 0 saturated heterocycles. The highest BCUT2D eigenvalue weighted by atomic mass is 32.1. The summed E-state index contributed by atoms with van der Waals surface area (Å²) in [6.45, 7) is 0.0181. The Bertz CT molecular complexity index is 796. The lowest BCUT2D eigenvalue weighted by atomic mass is 9.88. The van der Waals surface area contributed by atoms with Crippen LogP contribution >= 0.6 is 11.3 Å². The number of hydrogen-bond donors (Lipinski definition) is 1. The van der Waals surface area contributed by atoms with Crippen LogP contribution in [0.1, 0.15) is 28.0 Å². The van der Waals surface area contributed by atoms with Gasteiger partial charge in [-0.05, 0) is 47.3 Å². The average Bonchev–Trinajstić information content (AvgIpc) is 3.16. The van der Waals surface area contributed by atoms with E-state index in [9.17, 15) is 9.50 Å². The van der Waals surface area contributed by atoms with Crippen LogP contribution in [0.3, 0.4) is 0 Å². The average molecular weight is 359 g/mol. The van der Waals surface area contributed by atoms with Crippen molar-refractivity contribution in [1.29, 1.82) is 0 Å². The van der Waals surface area contributed by atoms with E-state index >= 15 is 0 Å². The standard InChI is InChI=1S/C19H18FNO3S/c1-23-12-24-16-5-4-14(20)11-15(16)19(22)18(17-3-2-10-25-17)13-6-8-21-9-7-13/h2-11,18-19,22H,12H2,1H3. The van der Waals surface area contributed by atoms with Gasteiger partial charge in [0.25, 0.3) is 0 Å². The summed E-state index contributed by atoms with van der Waals surface area (Å²) in [5.41, 5.74) is 1.28. The maximum atomic E-state index is 13.8. The van der Waals surface area contributed by atoms with E-state index < -0.39 is 11.9 Å². The maximum absolute atomic E-state index is 13.8. The van der Waals surface area contributed by atoms with Crippen molar-refractivity contribution in [2.24, 2.45) is 0 Å². The minimum absolute atomic E-state index is 0.0181. The van der Waals surface area contributed by atoms with E-state index in [-0.39, 0.29) is 12.7 Å². The zero-order valence-corrected chi connectivity index (χ0v) is 14.4. The highest BCUT2D eigenvalue weighted by Crippen LogP contribution is 2.41. The van der Waals surface area contributed by atoms with Crippen LogP contribution in [0.15, 0.2) is 60.2 Å². The molecule has 6 heteroatoms. The summed E-state index contributed by atoms with van der Waals surface area (Å²) in [5, 5.41) is 13.1. The summed E-state index contributed by atoms with van der Waals surface area (Å²) in [6.07, 6.45) is 2.37.